The number of benzene rings is 2. The molecule has 0 saturated carbocycles. The van der Waals surface area contributed by atoms with Gasteiger partial charge in [0.1, 0.15) is 11.9 Å². The molecule has 1 amide bonds. The molecule has 4 N–H and O–H groups in total. The molecular formula is C23H23BrN4O3. The number of aliphatic hydroxyl groups is 1. The number of nitrogens with zero attached hydrogens (tertiary/aromatic N) is 2. The monoisotopic (exact) mass is 482 g/mol. The summed E-state index contributed by atoms with van der Waals surface area (Å²) in [6, 6.07) is 15.1. The number of H-pyrrole nitrogens is 1. The van der Waals surface area contributed by atoms with Crippen molar-refractivity contribution >= 4 is 27.5 Å². The number of aromatic amines is 1. The lowest BCUT2D eigenvalue weighted by Crippen LogP contribution is -2.26. The molecular weight excluding hydrogens is 460 g/mol. The summed E-state index contributed by atoms with van der Waals surface area (Å²) in [7, 11) is 0. The number of anilines is 1. The molecule has 4 rings (SSSR count). The zero-order valence-corrected chi connectivity index (χ0v) is 18.3. The number of carbonyl (C=O) groups excluding carboxylic acids is 1. The highest BCUT2D eigenvalue weighted by Gasteiger charge is 2.21. The normalized spacial score (nSPS) is 14.3. The van der Waals surface area contributed by atoms with Crippen LogP contribution in [-0.4, -0.2) is 44.2 Å². The predicted octanol–water partition coefficient (Wildman–Crippen LogP) is 4.52. The molecule has 3 aromatic rings. The van der Waals surface area contributed by atoms with Gasteiger partial charge in [0.05, 0.1) is 17.1 Å². The lowest BCUT2D eigenvalue weighted by Gasteiger charge is -2.16. The number of amides is 1. The van der Waals surface area contributed by atoms with E-state index in [2.05, 4.69) is 26.4 Å². The summed E-state index contributed by atoms with van der Waals surface area (Å²) in [6.45, 7) is 1.21. The van der Waals surface area contributed by atoms with Crippen molar-refractivity contribution in [1.29, 1.82) is 0 Å². The first kappa shape index (κ1) is 21.3. The molecule has 1 atom stereocenters. The van der Waals surface area contributed by atoms with Gasteiger partial charge >= 0.3 is 0 Å². The Labute approximate surface area is 188 Å². The average molecular weight is 483 g/mol. The van der Waals surface area contributed by atoms with Crippen LogP contribution in [0.5, 0.6) is 0 Å². The molecule has 1 aliphatic heterocycles. The summed E-state index contributed by atoms with van der Waals surface area (Å²) in [5.41, 5.74) is 5.77. The number of carbonyl (C=O) groups is 1. The van der Waals surface area contributed by atoms with Crippen molar-refractivity contribution < 1.29 is 15.1 Å². The summed E-state index contributed by atoms with van der Waals surface area (Å²) in [4.78, 5) is 21.4. The predicted molar refractivity (Wildman–Crippen MR) is 122 cm³/mol. The quantitative estimate of drug-likeness (QED) is 0.353. The topological polar surface area (TPSA) is 101 Å². The molecule has 31 heavy (non-hydrogen) atoms. The van der Waals surface area contributed by atoms with E-state index in [-0.39, 0.29) is 5.91 Å². The zero-order valence-electron chi connectivity index (χ0n) is 16.8. The van der Waals surface area contributed by atoms with Crippen LogP contribution in [0.2, 0.25) is 0 Å². The largest absolute Gasteiger partial charge is 0.385 e. The van der Waals surface area contributed by atoms with E-state index < -0.39 is 6.10 Å². The molecule has 7 nitrogen and oxygen atoms in total. The third-order valence-electron chi connectivity index (χ3n) is 5.28. The Hall–Kier alpha value is -2.94. The SMILES string of the molecule is O=C1C=CCN1CCCC(O)c1nc(-c2ccc(Br)cc2)c(-c2ccccc2NO)[nH]1. The summed E-state index contributed by atoms with van der Waals surface area (Å²) in [5.74, 6) is 0.465. The van der Waals surface area contributed by atoms with E-state index >= 15 is 0 Å². The highest BCUT2D eigenvalue weighted by atomic mass is 79.9. The van der Waals surface area contributed by atoms with E-state index in [9.17, 15) is 15.1 Å². The van der Waals surface area contributed by atoms with Gasteiger partial charge in [-0.1, -0.05) is 52.3 Å². The lowest BCUT2D eigenvalue weighted by molar-refractivity contribution is -0.124. The molecule has 2 aromatic carbocycles. The minimum Gasteiger partial charge on any atom is -0.385 e. The van der Waals surface area contributed by atoms with Crippen molar-refractivity contribution in [3.05, 3.63) is 71.0 Å². The van der Waals surface area contributed by atoms with Crippen LogP contribution in [0.3, 0.4) is 0 Å². The molecule has 160 valence electrons. The molecule has 0 saturated heterocycles. The second kappa shape index (κ2) is 9.47. The second-order valence-corrected chi connectivity index (χ2v) is 8.27. The van der Waals surface area contributed by atoms with E-state index in [1.54, 1.807) is 17.0 Å². The molecule has 1 aromatic heterocycles. The number of aliphatic hydroxyl groups excluding tert-OH is 1. The third kappa shape index (κ3) is 4.71. The minimum absolute atomic E-state index is 0.0143. The van der Waals surface area contributed by atoms with Crippen LogP contribution in [-0.2, 0) is 4.79 Å². The van der Waals surface area contributed by atoms with Crippen molar-refractivity contribution in [3.8, 4) is 22.5 Å². The van der Waals surface area contributed by atoms with Gasteiger partial charge in [-0.05, 0) is 31.0 Å². The van der Waals surface area contributed by atoms with Gasteiger partial charge in [0, 0.05) is 34.8 Å². The van der Waals surface area contributed by atoms with Crippen LogP contribution in [0.15, 0.2) is 65.2 Å². The summed E-state index contributed by atoms with van der Waals surface area (Å²) in [6.07, 6.45) is 3.74. The molecule has 8 heteroatoms. The van der Waals surface area contributed by atoms with Crippen molar-refractivity contribution in [2.45, 2.75) is 18.9 Å². The van der Waals surface area contributed by atoms with Gasteiger partial charge < -0.3 is 15.0 Å². The van der Waals surface area contributed by atoms with Crippen LogP contribution >= 0.6 is 15.9 Å². The van der Waals surface area contributed by atoms with Gasteiger partial charge in [-0.25, -0.2) is 4.98 Å². The number of para-hydroxylation sites is 1. The average Bonchev–Trinajstić information content (AvgIpc) is 3.41. The Bertz CT molecular complexity index is 1090. The van der Waals surface area contributed by atoms with E-state index in [1.807, 2.05) is 48.5 Å². The maximum atomic E-state index is 11.7. The summed E-state index contributed by atoms with van der Waals surface area (Å²) in [5, 5.41) is 20.3. The van der Waals surface area contributed by atoms with Gasteiger partial charge in [0.25, 0.3) is 0 Å². The molecule has 0 radical (unpaired) electrons. The van der Waals surface area contributed by atoms with Crippen LogP contribution in [0, 0.1) is 0 Å². The molecule has 0 spiro atoms. The molecule has 2 heterocycles. The molecule has 0 aliphatic carbocycles. The minimum atomic E-state index is -0.803. The highest BCUT2D eigenvalue weighted by molar-refractivity contribution is 9.10. The first-order valence-corrected chi connectivity index (χ1v) is 10.8. The molecule has 1 unspecified atom stereocenters. The van der Waals surface area contributed by atoms with E-state index in [1.165, 1.54) is 0 Å². The van der Waals surface area contributed by atoms with Crippen LogP contribution in [0.25, 0.3) is 22.5 Å². The fraction of sp³-hybridized carbons (Fsp3) is 0.217. The Morgan fingerprint density at radius 2 is 1.97 bits per heavy atom. The lowest BCUT2D eigenvalue weighted by atomic mass is 10.0. The van der Waals surface area contributed by atoms with E-state index in [0.717, 1.165) is 15.6 Å². The van der Waals surface area contributed by atoms with Crippen LogP contribution < -0.4 is 5.48 Å². The smallest absolute Gasteiger partial charge is 0.246 e. The van der Waals surface area contributed by atoms with Gasteiger partial charge in [-0.2, -0.15) is 0 Å². The van der Waals surface area contributed by atoms with Gasteiger partial charge in [-0.3, -0.25) is 15.5 Å². The van der Waals surface area contributed by atoms with Crippen molar-refractivity contribution in [2.75, 3.05) is 18.6 Å². The van der Waals surface area contributed by atoms with Crippen LogP contribution in [0.1, 0.15) is 24.8 Å². The summed E-state index contributed by atoms with van der Waals surface area (Å²) < 4.78 is 0.956. The first-order chi connectivity index (χ1) is 15.1. The Morgan fingerprint density at radius 1 is 1.19 bits per heavy atom. The van der Waals surface area contributed by atoms with Crippen molar-refractivity contribution in [3.63, 3.8) is 0 Å². The van der Waals surface area contributed by atoms with E-state index in [4.69, 9.17) is 4.98 Å². The van der Waals surface area contributed by atoms with Gasteiger partial charge in [-0.15, -0.1) is 0 Å². The maximum absolute atomic E-state index is 11.7. The van der Waals surface area contributed by atoms with Gasteiger partial charge in [0.15, 0.2) is 0 Å². The zero-order chi connectivity index (χ0) is 21.8. The van der Waals surface area contributed by atoms with Crippen LogP contribution in [0.4, 0.5) is 5.69 Å². The fourth-order valence-electron chi connectivity index (χ4n) is 3.65. The Morgan fingerprint density at radius 3 is 2.68 bits per heavy atom. The molecule has 1 aliphatic rings. The number of halogens is 1. The summed E-state index contributed by atoms with van der Waals surface area (Å²) >= 11 is 3.45. The second-order valence-electron chi connectivity index (χ2n) is 7.35. The number of aromatic nitrogens is 2. The fourth-order valence-corrected chi connectivity index (χ4v) is 3.91. The number of imidazole rings is 1. The highest BCUT2D eigenvalue weighted by Crippen LogP contribution is 2.36. The number of nitrogens with one attached hydrogen (secondary N) is 2. The first-order valence-electron chi connectivity index (χ1n) is 10.1. The van der Waals surface area contributed by atoms with Gasteiger partial charge in [0.2, 0.25) is 5.91 Å². The maximum Gasteiger partial charge on any atom is 0.246 e. The number of rotatable bonds is 8. The standard InChI is InChI=1S/C23H23BrN4O3/c24-16-11-9-15(10-12-16)21-22(17-5-1-2-6-18(17)27-31)26-23(25-21)19(29)7-3-13-28-14-4-8-20(28)30/h1-2,4-6,8-12,19,27,29,31H,3,7,13-14H2,(H,25,26). The number of hydrogen-bond donors (Lipinski definition) is 4. The van der Waals surface area contributed by atoms with Crippen molar-refractivity contribution in [2.24, 2.45) is 0 Å². The number of hydrogen-bond acceptors (Lipinski definition) is 5. The Kier molecular flexibility index (Phi) is 6.50. The van der Waals surface area contributed by atoms with E-state index in [0.29, 0.717) is 48.8 Å². The third-order valence-corrected chi connectivity index (χ3v) is 5.80. The Balaban J connectivity index is 1.61. The molecule has 0 fully saturated rings. The van der Waals surface area contributed by atoms with Crippen molar-refractivity contribution in [1.82, 2.24) is 14.9 Å². The molecule has 0 bridgehead atoms.